The monoisotopic (exact) mass is 419 g/mol. The van der Waals surface area contributed by atoms with Gasteiger partial charge in [0, 0.05) is 5.02 Å². The fraction of sp³-hybridized carbons (Fsp3) is 0.294. The highest BCUT2D eigenvalue weighted by Gasteiger charge is 2.45. The third kappa shape index (κ3) is 3.61. The van der Waals surface area contributed by atoms with Crippen molar-refractivity contribution in [2.24, 2.45) is 5.10 Å². The van der Waals surface area contributed by atoms with Gasteiger partial charge in [-0.1, -0.05) is 23.7 Å². The van der Waals surface area contributed by atoms with Crippen molar-refractivity contribution in [2.75, 3.05) is 17.8 Å². The summed E-state index contributed by atoms with van der Waals surface area (Å²) in [5.41, 5.74) is 9.99. The zero-order valence-corrected chi connectivity index (χ0v) is 15.7. The first kappa shape index (κ1) is 19.5. The lowest BCUT2D eigenvalue weighted by Gasteiger charge is -2.18. The maximum absolute atomic E-state index is 10.4. The predicted molar refractivity (Wildman–Crippen MR) is 105 cm³/mol. The number of nitrogens with two attached hydrogens (primary N) is 1. The van der Waals surface area contributed by atoms with E-state index >= 15 is 0 Å². The summed E-state index contributed by atoms with van der Waals surface area (Å²) in [7, 11) is 0. The molecule has 0 radical (unpaired) electrons. The minimum Gasteiger partial charge on any atom is -0.394 e. The average molecular weight is 420 g/mol. The molecule has 1 aliphatic heterocycles. The fourth-order valence-electron chi connectivity index (χ4n) is 3.05. The summed E-state index contributed by atoms with van der Waals surface area (Å²) in [5.74, 6) is 0.289. The summed E-state index contributed by atoms with van der Waals surface area (Å²) in [5, 5.41) is 34.6. The summed E-state index contributed by atoms with van der Waals surface area (Å²) in [6.45, 7) is -0.462. The second kappa shape index (κ2) is 7.89. The number of halogens is 1. The highest BCUT2D eigenvalue weighted by Crippen LogP contribution is 2.35. The van der Waals surface area contributed by atoms with Crippen LogP contribution in [0.15, 0.2) is 35.7 Å². The Morgan fingerprint density at radius 1 is 1.24 bits per heavy atom. The summed E-state index contributed by atoms with van der Waals surface area (Å²) >= 11 is 5.87. The van der Waals surface area contributed by atoms with E-state index in [0.29, 0.717) is 5.02 Å². The van der Waals surface area contributed by atoms with Gasteiger partial charge in [-0.25, -0.2) is 20.4 Å². The van der Waals surface area contributed by atoms with E-state index in [1.54, 1.807) is 30.5 Å². The van der Waals surface area contributed by atoms with Gasteiger partial charge in [0.15, 0.2) is 23.2 Å². The summed E-state index contributed by atoms with van der Waals surface area (Å²) < 4.78 is 7.02. The lowest BCUT2D eigenvalue weighted by Crippen LogP contribution is -2.33. The van der Waals surface area contributed by atoms with Crippen LogP contribution in [0.1, 0.15) is 11.8 Å². The van der Waals surface area contributed by atoms with E-state index in [1.807, 2.05) is 0 Å². The van der Waals surface area contributed by atoms with Gasteiger partial charge in [0.1, 0.15) is 24.6 Å². The molecule has 1 aromatic carbocycles. The molecular weight excluding hydrogens is 402 g/mol. The van der Waals surface area contributed by atoms with Gasteiger partial charge in [-0.15, -0.1) is 0 Å². The number of hydrogen-bond donors (Lipinski definition) is 5. The number of rotatable bonds is 5. The minimum atomic E-state index is -1.33. The van der Waals surface area contributed by atoms with Crippen LogP contribution in [0, 0.1) is 0 Å². The van der Waals surface area contributed by atoms with Crippen molar-refractivity contribution in [1.82, 2.24) is 19.5 Å². The van der Waals surface area contributed by atoms with E-state index in [1.165, 1.54) is 10.9 Å². The molecule has 0 unspecified atom stereocenters. The van der Waals surface area contributed by atoms with Gasteiger partial charge in [-0.05, 0) is 17.7 Å². The second-order valence-corrected chi connectivity index (χ2v) is 6.82. The van der Waals surface area contributed by atoms with Crippen molar-refractivity contribution in [3.8, 4) is 0 Å². The smallest absolute Gasteiger partial charge is 0.228 e. The molecule has 1 fully saturated rings. The molecule has 152 valence electrons. The Kier molecular flexibility index (Phi) is 5.30. The summed E-state index contributed by atoms with van der Waals surface area (Å²) in [4.78, 5) is 12.4. The molecule has 6 N–H and O–H groups in total. The van der Waals surface area contributed by atoms with Crippen molar-refractivity contribution in [2.45, 2.75) is 24.5 Å². The Bertz CT molecular complexity index is 1040. The Morgan fingerprint density at radius 3 is 2.69 bits per heavy atom. The number of benzene rings is 1. The van der Waals surface area contributed by atoms with Crippen LogP contribution in [-0.4, -0.2) is 66.0 Å². The lowest BCUT2D eigenvalue weighted by molar-refractivity contribution is -0.0501. The van der Waals surface area contributed by atoms with Gasteiger partial charge in [-0.2, -0.15) is 5.10 Å². The number of aliphatic hydroxyl groups is 3. The van der Waals surface area contributed by atoms with Crippen LogP contribution < -0.4 is 11.2 Å². The number of nitrogen functional groups attached to an aromatic ring is 1. The van der Waals surface area contributed by atoms with Gasteiger partial charge in [-0.3, -0.25) is 4.57 Å². The van der Waals surface area contributed by atoms with Gasteiger partial charge < -0.3 is 25.8 Å². The average Bonchev–Trinajstić information content (AvgIpc) is 3.22. The summed E-state index contributed by atoms with van der Waals surface area (Å²) in [6.07, 6.45) is -1.86. The van der Waals surface area contributed by atoms with E-state index in [4.69, 9.17) is 22.1 Å². The van der Waals surface area contributed by atoms with E-state index < -0.39 is 31.1 Å². The number of aliphatic hydroxyl groups excluding tert-OH is 3. The standard InChI is InChI=1S/C17H18ClN7O4/c18-9-3-1-8(2-4-9)5-22-24-17-23-11-14(19)20-7-21-15(11)25(17)16-13(28)12(27)10(6-26)29-16/h1-5,7,10,12-13,16,26-28H,6H2,(H,23,24)(H2,19,20,21)/b22-5-/t10-,12+,13+,16-/m0/s1. The molecule has 4 atom stereocenters. The van der Waals surface area contributed by atoms with E-state index in [-0.39, 0.29) is 22.9 Å². The van der Waals surface area contributed by atoms with E-state index in [9.17, 15) is 15.3 Å². The van der Waals surface area contributed by atoms with Crippen LogP contribution in [0.25, 0.3) is 11.2 Å². The van der Waals surface area contributed by atoms with Crippen molar-refractivity contribution in [3.05, 3.63) is 41.2 Å². The molecule has 4 rings (SSSR count). The van der Waals surface area contributed by atoms with E-state index in [0.717, 1.165) is 5.56 Å². The Hall–Kier alpha value is -2.83. The molecule has 1 saturated heterocycles. The molecule has 2 aromatic heterocycles. The number of imidazole rings is 1. The molecule has 0 saturated carbocycles. The number of hydrogen-bond acceptors (Lipinski definition) is 10. The predicted octanol–water partition coefficient (Wildman–Crippen LogP) is 0.119. The zero-order chi connectivity index (χ0) is 20.5. The molecule has 3 aromatic rings. The minimum absolute atomic E-state index is 0.130. The van der Waals surface area contributed by atoms with Crippen LogP contribution in [0.3, 0.4) is 0 Å². The largest absolute Gasteiger partial charge is 0.394 e. The quantitative estimate of drug-likeness (QED) is 0.285. The molecule has 0 amide bonds. The second-order valence-electron chi connectivity index (χ2n) is 6.39. The van der Waals surface area contributed by atoms with E-state index in [2.05, 4.69) is 25.5 Å². The first-order valence-electron chi connectivity index (χ1n) is 8.65. The van der Waals surface area contributed by atoms with Crippen molar-refractivity contribution < 1.29 is 20.1 Å². The molecule has 1 aliphatic rings. The third-order valence-electron chi connectivity index (χ3n) is 4.53. The Labute approximate surface area is 169 Å². The number of nitrogens with zero attached hydrogens (tertiary/aromatic N) is 5. The van der Waals surface area contributed by atoms with Crippen LogP contribution in [-0.2, 0) is 4.74 Å². The normalized spacial score (nSPS) is 24.6. The number of fused-ring (bicyclic) bond motifs is 1. The lowest BCUT2D eigenvalue weighted by atomic mass is 10.1. The van der Waals surface area contributed by atoms with Crippen molar-refractivity contribution >= 4 is 40.7 Å². The first-order chi connectivity index (χ1) is 14.0. The van der Waals surface area contributed by atoms with Gasteiger partial charge in [0.25, 0.3) is 0 Å². The molecule has 12 heteroatoms. The number of hydrazone groups is 1. The number of nitrogens with one attached hydrogen (secondary N) is 1. The maximum Gasteiger partial charge on any atom is 0.228 e. The molecule has 3 heterocycles. The number of anilines is 2. The van der Waals surface area contributed by atoms with Crippen LogP contribution in [0.4, 0.5) is 11.8 Å². The number of aromatic nitrogens is 4. The van der Waals surface area contributed by atoms with Crippen LogP contribution >= 0.6 is 11.6 Å². The highest BCUT2D eigenvalue weighted by atomic mass is 35.5. The summed E-state index contributed by atoms with van der Waals surface area (Å²) in [6, 6.07) is 7.03. The molecular formula is C17H18ClN7O4. The third-order valence-corrected chi connectivity index (χ3v) is 4.78. The molecule has 0 aliphatic carbocycles. The molecule has 11 nitrogen and oxygen atoms in total. The van der Waals surface area contributed by atoms with Crippen LogP contribution in [0.5, 0.6) is 0 Å². The molecule has 0 spiro atoms. The topological polar surface area (TPSA) is 164 Å². The zero-order valence-electron chi connectivity index (χ0n) is 14.9. The van der Waals surface area contributed by atoms with Crippen LogP contribution in [0.2, 0.25) is 5.02 Å². The maximum atomic E-state index is 10.4. The SMILES string of the molecule is Nc1ncnc2c1nc(N/N=C\c1ccc(Cl)cc1)n2[C@H]1O[C@@H](CO)[C@@H](O)[C@H]1O. The first-order valence-corrected chi connectivity index (χ1v) is 9.03. The molecule has 29 heavy (non-hydrogen) atoms. The molecule has 0 bridgehead atoms. The Morgan fingerprint density at radius 2 is 2.00 bits per heavy atom. The van der Waals surface area contributed by atoms with Gasteiger partial charge >= 0.3 is 0 Å². The number of ether oxygens (including phenoxy) is 1. The van der Waals surface area contributed by atoms with Gasteiger partial charge in [0.05, 0.1) is 12.8 Å². The Balaban J connectivity index is 1.71. The van der Waals surface area contributed by atoms with Gasteiger partial charge in [0.2, 0.25) is 5.95 Å². The fourth-order valence-corrected chi connectivity index (χ4v) is 3.18. The van der Waals surface area contributed by atoms with Crippen molar-refractivity contribution in [3.63, 3.8) is 0 Å². The highest BCUT2D eigenvalue weighted by molar-refractivity contribution is 6.30. The van der Waals surface area contributed by atoms with Crippen molar-refractivity contribution in [1.29, 1.82) is 0 Å².